The zero-order chi connectivity index (χ0) is 10.2. The Bertz CT molecular complexity index is 251. The molecule has 0 aromatic carbocycles. The zero-order valence-corrected chi connectivity index (χ0v) is 8.94. The van der Waals surface area contributed by atoms with Gasteiger partial charge in [0.25, 0.3) is 0 Å². The molecule has 0 radical (unpaired) electrons. The second kappa shape index (κ2) is 6.90. The average molecular weight is 203 g/mol. The van der Waals surface area contributed by atoms with E-state index in [1.807, 2.05) is 0 Å². The van der Waals surface area contributed by atoms with Crippen LogP contribution >= 0.6 is 0 Å². The van der Waals surface area contributed by atoms with E-state index in [-0.39, 0.29) is 0 Å². The number of sulfone groups is 1. The van der Waals surface area contributed by atoms with Gasteiger partial charge >= 0.3 is 0 Å². The van der Waals surface area contributed by atoms with Crippen LogP contribution in [-0.4, -0.2) is 27.0 Å². The summed E-state index contributed by atoms with van der Waals surface area (Å²) in [5.74, 6) is 0.301. The highest BCUT2D eigenvalue weighted by Gasteiger charge is 2.00. The van der Waals surface area contributed by atoms with Gasteiger partial charge in [-0.1, -0.05) is 12.8 Å². The highest BCUT2D eigenvalue weighted by molar-refractivity contribution is 7.90. The Hall–Kier alpha value is -0.560. The van der Waals surface area contributed by atoms with Crippen molar-refractivity contribution in [3.8, 4) is 0 Å². The molecule has 0 spiro atoms. The molecular formula is C9H17NO2S. The lowest BCUT2D eigenvalue weighted by atomic mass is 10.2. The molecule has 0 aliphatic rings. The Kier molecular flexibility index (Phi) is 6.61. The van der Waals surface area contributed by atoms with Crippen molar-refractivity contribution in [2.75, 3.05) is 18.6 Å². The van der Waals surface area contributed by atoms with Gasteiger partial charge in [0.05, 0.1) is 0 Å². The molecule has 0 aromatic rings. The lowest BCUT2D eigenvalue weighted by Crippen LogP contribution is -2.02. The first-order valence-corrected chi connectivity index (χ1v) is 6.63. The van der Waals surface area contributed by atoms with E-state index in [2.05, 4.69) is 4.85 Å². The van der Waals surface area contributed by atoms with E-state index in [0.717, 1.165) is 32.1 Å². The Balaban J connectivity index is 3.14. The highest BCUT2D eigenvalue weighted by Crippen LogP contribution is 2.04. The van der Waals surface area contributed by atoms with Crippen LogP contribution in [0.15, 0.2) is 0 Å². The average Bonchev–Trinajstić information content (AvgIpc) is 2.01. The summed E-state index contributed by atoms with van der Waals surface area (Å²) in [5.41, 5.74) is 0. The Morgan fingerprint density at radius 3 is 2.15 bits per heavy atom. The van der Waals surface area contributed by atoms with Crippen LogP contribution in [0.2, 0.25) is 0 Å². The summed E-state index contributed by atoms with van der Waals surface area (Å²) in [4.78, 5) is 3.25. The Labute approximate surface area is 80.9 Å². The molecule has 0 N–H and O–H groups in total. The lowest BCUT2D eigenvalue weighted by Gasteiger charge is -1.97. The number of unbranched alkanes of at least 4 members (excludes halogenated alkanes) is 4. The van der Waals surface area contributed by atoms with E-state index in [1.54, 1.807) is 0 Å². The summed E-state index contributed by atoms with van der Waals surface area (Å²) >= 11 is 0. The van der Waals surface area contributed by atoms with Gasteiger partial charge in [0.2, 0.25) is 6.54 Å². The van der Waals surface area contributed by atoms with Gasteiger partial charge in [-0.05, 0) is 12.8 Å². The van der Waals surface area contributed by atoms with Gasteiger partial charge in [0, 0.05) is 18.4 Å². The first-order valence-electron chi connectivity index (χ1n) is 4.57. The number of hydrogen-bond acceptors (Lipinski definition) is 2. The van der Waals surface area contributed by atoms with E-state index in [4.69, 9.17) is 6.57 Å². The molecule has 76 valence electrons. The van der Waals surface area contributed by atoms with E-state index in [9.17, 15) is 8.42 Å². The summed E-state index contributed by atoms with van der Waals surface area (Å²) in [6.45, 7) is 7.15. The molecule has 0 saturated carbocycles. The molecule has 0 saturated heterocycles. The monoisotopic (exact) mass is 203 g/mol. The number of nitrogens with zero attached hydrogens (tertiary/aromatic N) is 1. The van der Waals surface area contributed by atoms with Gasteiger partial charge in [0.15, 0.2) is 0 Å². The fraction of sp³-hybridized carbons (Fsp3) is 0.889. The standard InChI is InChI=1S/C9H17NO2S/c1-10-8-6-4-3-5-7-9-13(2,11)12/h3-9H2,2H3. The first kappa shape index (κ1) is 12.4. The molecule has 0 amide bonds. The van der Waals surface area contributed by atoms with Gasteiger partial charge in [-0.15, -0.1) is 0 Å². The molecule has 0 atom stereocenters. The van der Waals surface area contributed by atoms with Crippen LogP contribution in [0.1, 0.15) is 32.1 Å². The molecule has 0 heterocycles. The van der Waals surface area contributed by atoms with E-state index in [1.165, 1.54) is 6.26 Å². The van der Waals surface area contributed by atoms with E-state index >= 15 is 0 Å². The van der Waals surface area contributed by atoms with Gasteiger partial charge in [-0.2, -0.15) is 0 Å². The summed E-state index contributed by atoms with van der Waals surface area (Å²) < 4.78 is 21.5. The van der Waals surface area contributed by atoms with Crippen molar-refractivity contribution in [2.45, 2.75) is 32.1 Å². The molecule has 4 heteroatoms. The summed E-state index contributed by atoms with van der Waals surface area (Å²) in [5, 5.41) is 0. The van der Waals surface area contributed by atoms with Crippen LogP contribution < -0.4 is 0 Å². The Morgan fingerprint density at radius 1 is 1.08 bits per heavy atom. The second-order valence-electron chi connectivity index (χ2n) is 3.28. The topological polar surface area (TPSA) is 38.5 Å². The van der Waals surface area contributed by atoms with E-state index in [0.29, 0.717) is 12.3 Å². The van der Waals surface area contributed by atoms with Gasteiger partial charge in [0.1, 0.15) is 9.84 Å². The van der Waals surface area contributed by atoms with Crippen molar-refractivity contribution >= 4 is 9.84 Å². The molecule has 13 heavy (non-hydrogen) atoms. The minimum atomic E-state index is -2.77. The van der Waals surface area contributed by atoms with Gasteiger partial charge < -0.3 is 4.85 Å². The van der Waals surface area contributed by atoms with Crippen molar-refractivity contribution < 1.29 is 8.42 Å². The fourth-order valence-corrected chi connectivity index (χ4v) is 1.81. The fourth-order valence-electron chi connectivity index (χ4n) is 1.09. The largest absolute Gasteiger partial charge is 0.317 e. The predicted molar refractivity (Wildman–Crippen MR) is 54.3 cm³/mol. The first-order chi connectivity index (χ1) is 6.06. The van der Waals surface area contributed by atoms with Crippen molar-refractivity contribution in [3.63, 3.8) is 0 Å². The zero-order valence-electron chi connectivity index (χ0n) is 8.12. The maximum absolute atomic E-state index is 10.7. The second-order valence-corrected chi connectivity index (χ2v) is 5.54. The van der Waals surface area contributed by atoms with Crippen molar-refractivity contribution in [3.05, 3.63) is 11.4 Å². The van der Waals surface area contributed by atoms with Crippen LogP contribution in [-0.2, 0) is 9.84 Å². The third-order valence-corrected chi connectivity index (χ3v) is 2.82. The molecule has 0 aromatic heterocycles. The van der Waals surface area contributed by atoms with Crippen molar-refractivity contribution in [1.29, 1.82) is 0 Å². The predicted octanol–water partition coefficient (Wildman–Crippen LogP) is 1.90. The van der Waals surface area contributed by atoms with Crippen LogP contribution in [0.25, 0.3) is 4.85 Å². The normalized spacial score (nSPS) is 11.1. The summed E-state index contributed by atoms with van der Waals surface area (Å²) in [6.07, 6.45) is 6.04. The van der Waals surface area contributed by atoms with Crippen LogP contribution in [0.3, 0.4) is 0 Å². The minimum absolute atomic E-state index is 0.301. The van der Waals surface area contributed by atoms with Crippen LogP contribution in [0, 0.1) is 6.57 Å². The molecule has 0 bridgehead atoms. The van der Waals surface area contributed by atoms with E-state index < -0.39 is 9.84 Å². The van der Waals surface area contributed by atoms with Crippen molar-refractivity contribution in [2.24, 2.45) is 0 Å². The maximum atomic E-state index is 10.7. The van der Waals surface area contributed by atoms with Gasteiger partial charge in [-0.3, -0.25) is 0 Å². The molecule has 0 aliphatic carbocycles. The lowest BCUT2D eigenvalue weighted by molar-refractivity contribution is 0.592. The number of rotatable bonds is 7. The third kappa shape index (κ3) is 11.4. The molecule has 3 nitrogen and oxygen atoms in total. The van der Waals surface area contributed by atoms with Crippen LogP contribution in [0.4, 0.5) is 0 Å². The Morgan fingerprint density at radius 2 is 1.62 bits per heavy atom. The molecular weight excluding hydrogens is 186 g/mol. The molecule has 0 aliphatic heterocycles. The van der Waals surface area contributed by atoms with Crippen LogP contribution in [0.5, 0.6) is 0 Å². The SMILES string of the molecule is [C-]#[N+]CCCCCCCS(C)(=O)=O. The summed E-state index contributed by atoms with van der Waals surface area (Å²) in [6, 6.07) is 0. The minimum Gasteiger partial charge on any atom is -0.317 e. The van der Waals surface area contributed by atoms with Crippen molar-refractivity contribution in [1.82, 2.24) is 0 Å². The molecule has 0 fully saturated rings. The third-order valence-electron chi connectivity index (χ3n) is 1.79. The molecule has 0 rings (SSSR count). The molecule has 0 unspecified atom stereocenters. The van der Waals surface area contributed by atoms with Gasteiger partial charge in [-0.25, -0.2) is 15.0 Å². The quantitative estimate of drug-likeness (QED) is 0.468. The number of hydrogen-bond donors (Lipinski definition) is 0. The maximum Gasteiger partial charge on any atom is 0.214 e. The summed E-state index contributed by atoms with van der Waals surface area (Å²) in [7, 11) is -2.77. The smallest absolute Gasteiger partial charge is 0.214 e. The highest BCUT2D eigenvalue weighted by atomic mass is 32.2.